The molecule has 4 rings (SSSR count). The molecule has 3 aromatic rings. The molecule has 0 atom stereocenters. The molecule has 0 fully saturated rings. The summed E-state index contributed by atoms with van der Waals surface area (Å²) in [5.74, 6) is -1.18. The van der Waals surface area contributed by atoms with Gasteiger partial charge in [-0.05, 0) is 27.7 Å². The third-order valence-electron chi connectivity index (χ3n) is 5.90. The van der Waals surface area contributed by atoms with Crippen molar-refractivity contribution < 1.29 is 28.8 Å². The Morgan fingerprint density at radius 2 is 1.66 bits per heavy atom. The Balaban J connectivity index is 1.27. The van der Waals surface area contributed by atoms with Crippen LogP contribution in [0, 0.1) is 5.41 Å². The summed E-state index contributed by atoms with van der Waals surface area (Å²) in [7, 11) is 0. The number of fused-ring (bicyclic) bond motifs is 3. The lowest BCUT2D eigenvalue weighted by Crippen LogP contribution is -2.35. The van der Waals surface area contributed by atoms with Gasteiger partial charge >= 0.3 is 12.1 Å². The fourth-order valence-corrected chi connectivity index (χ4v) is 4.19. The molecule has 2 aromatic carbocycles. The number of carbonyl (C=O) groups is 3. The summed E-state index contributed by atoms with van der Waals surface area (Å²) in [6.45, 7) is 3.84. The lowest BCUT2D eigenvalue weighted by Gasteiger charge is -2.22. The number of ether oxygens (including phenoxy) is 1. The number of carboxylic acids is 1. The molecule has 1 aliphatic rings. The molecule has 0 saturated heterocycles. The van der Waals surface area contributed by atoms with E-state index in [9.17, 15) is 14.4 Å². The molecule has 182 valence electrons. The van der Waals surface area contributed by atoms with Gasteiger partial charge in [-0.2, -0.15) is 0 Å². The molecule has 0 bridgehead atoms. The predicted octanol–water partition coefficient (Wildman–Crippen LogP) is 3.94. The molecule has 1 aromatic heterocycles. The van der Waals surface area contributed by atoms with Crippen LogP contribution in [0.1, 0.15) is 53.6 Å². The Kier molecular flexibility index (Phi) is 6.86. The van der Waals surface area contributed by atoms with E-state index >= 15 is 0 Å². The van der Waals surface area contributed by atoms with Crippen molar-refractivity contribution in [3.63, 3.8) is 0 Å². The van der Waals surface area contributed by atoms with Crippen LogP contribution in [0.3, 0.4) is 0 Å². The quantitative estimate of drug-likeness (QED) is 0.425. The number of benzene rings is 2. The largest absolute Gasteiger partial charge is 0.481 e. The predicted molar refractivity (Wildman–Crippen MR) is 127 cm³/mol. The number of nitrogens with zero attached hydrogens (tertiary/aromatic N) is 1. The minimum absolute atomic E-state index is 0.00145. The maximum absolute atomic E-state index is 12.3. The van der Waals surface area contributed by atoms with Gasteiger partial charge in [0.15, 0.2) is 11.5 Å². The van der Waals surface area contributed by atoms with E-state index in [0.29, 0.717) is 0 Å². The van der Waals surface area contributed by atoms with Crippen LogP contribution in [0.25, 0.3) is 11.1 Å². The number of hydrogen-bond donors (Lipinski definition) is 3. The van der Waals surface area contributed by atoms with E-state index in [2.05, 4.69) is 27.9 Å². The van der Waals surface area contributed by atoms with Crippen LogP contribution in [-0.2, 0) is 16.1 Å². The maximum atomic E-state index is 12.3. The standard InChI is InChI=1S/C26H27N3O6/c1-26(2,12-23(30)31)15-28-24(32)22-11-16(35-29-22)13-27-25(33)34-14-21-19-9-5-3-7-17(19)18-8-4-6-10-20(18)21/h3-11,21H,12-15H2,1-2H3,(H,27,33)(H,28,32)(H,30,31). The molecular formula is C26H27N3O6. The lowest BCUT2D eigenvalue weighted by atomic mass is 9.89. The van der Waals surface area contributed by atoms with Gasteiger partial charge in [-0.3, -0.25) is 9.59 Å². The zero-order valence-electron chi connectivity index (χ0n) is 19.5. The fraction of sp³-hybridized carbons (Fsp3) is 0.308. The van der Waals surface area contributed by atoms with Gasteiger partial charge in [0, 0.05) is 18.5 Å². The summed E-state index contributed by atoms with van der Waals surface area (Å²) in [4.78, 5) is 35.5. The number of carbonyl (C=O) groups excluding carboxylic acids is 2. The van der Waals surface area contributed by atoms with Gasteiger partial charge in [0.1, 0.15) is 6.61 Å². The Hall–Kier alpha value is -4.14. The van der Waals surface area contributed by atoms with E-state index in [0.717, 1.165) is 22.3 Å². The summed E-state index contributed by atoms with van der Waals surface area (Å²) in [6.07, 6.45) is -0.689. The number of amides is 2. The van der Waals surface area contributed by atoms with Gasteiger partial charge in [0.2, 0.25) is 0 Å². The summed E-state index contributed by atoms with van der Waals surface area (Å²) in [5.41, 5.74) is 3.98. The minimum Gasteiger partial charge on any atom is -0.481 e. The van der Waals surface area contributed by atoms with Gasteiger partial charge < -0.3 is 25.0 Å². The first-order valence-electron chi connectivity index (χ1n) is 11.3. The summed E-state index contributed by atoms with van der Waals surface area (Å²) in [5, 5.41) is 17.9. The smallest absolute Gasteiger partial charge is 0.407 e. The van der Waals surface area contributed by atoms with E-state index in [1.54, 1.807) is 13.8 Å². The highest BCUT2D eigenvalue weighted by atomic mass is 16.5. The van der Waals surface area contributed by atoms with Gasteiger partial charge in [-0.15, -0.1) is 0 Å². The number of hydrogen-bond acceptors (Lipinski definition) is 6. The fourth-order valence-electron chi connectivity index (χ4n) is 4.19. The first-order chi connectivity index (χ1) is 16.7. The number of aliphatic carboxylic acids is 1. The first-order valence-corrected chi connectivity index (χ1v) is 11.3. The van der Waals surface area contributed by atoms with Crippen LogP contribution >= 0.6 is 0 Å². The van der Waals surface area contributed by atoms with E-state index in [-0.39, 0.29) is 43.5 Å². The Morgan fingerprint density at radius 1 is 1.03 bits per heavy atom. The zero-order chi connectivity index (χ0) is 25.0. The van der Waals surface area contributed by atoms with Crippen LogP contribution < -0.4 is 10.6 Å². The highest BCUT2D eigenvalue weighted by Crippen LogP contribution is 2.44. The number of nitrogens with one attached hydrogen (secondary N) is 2. The normalized spacial score (nSPS) is 12.5. The number of alkyl carbamates (subject to hydrolysis) is 1. The van der Waals surface area contributed by atoms with Crippen molar-refractivity contribution in [2.75, 3.05) is 13.2 Å². The van der Waals surface area contributed by atoms with Crippen molar-refractivity contribution in [3.05, 3.63) is 77.2 Å². The molecule has 0 radical (unpaired) electrons. The second-order valence-corrected chi connectivity index (χ2v) is 9.27. The Morgan fingerprint density at radius 3 is 2.29 bits per heavy atom. The topological polar surface area (TPSA) is 131 Å². The molecule has 1 aliphatic carbocycles. The highest BCUT2D eigenvalue weighted by molar-refractivity contribution is 5.92. The molecule has 3 N–H and O–H groups in total. The molecule has 1 heterocycles. The van der Waals surface area contributed by atoms with Crippen molar-refractivity contribution in [3.8, 4) is 11.1 Å². The first kappa shape index (κ1) is 24.0. The molecular weight excluding hydrogens is 450 g/mol. The minimum atomic E-state index is -0.938. The molecule has 9 heteroatoms. The van der Waals surface area contributed by atoms with Crippen molar-refractivity contribution >= 4 is 18.0 Å². The van der Waals surface area contributed by atoms with Gasteiger partial charge in [0.05, 0.1) is 13.0 Å². The Bertz CT molecular complexity index is 1200. The summed E-state index contributed by atoms with van der Waals surface area (Å²) < 4.78 is 10.6. The third-order valence-corrected chi connectivity index (χ3v) is 5.90. The van der Waals surface area contributed by atoms with E-state index in [1.165, 1.54) is 6.07 Å². The van der Waals surface area contributed by atoms with E-state index in [4.69, 9.17) is 14.4 Å². The van der Waals surface area contributed by atoms with Gasteiger partial charge in [-0.25, -0.2) is 4.79 Å². The summed E-state index contributed by atoms with van der Waals surface area (Å²) >= 11 is 0. The third kappa shape index (κ3) is 5.68. The van der Waals surface area contributed by atoms with Crippen molar-refractivity contribution in [1.82, 2.24) is 15.8 Å². The number of rotatable bonds is 9. The summed E-state index contributed by atoms with van der Waals surface area (Å²) in [6, 6.07) is 17.6. The average Bonchev–Trinajstić information content (AvgIpc) is 3.42. The van der Waals surface area contributed by atoms with Crippen LogP contribution in [0.4, 0.5) is 4.79 Å². The molecule has 9 nitrogen and oxygen atoms in total. The van der Waals surface area contributed by atoms with E-state index in [1.807, 2.05) is 36.4 Å². The van der Waals surface area contributed by atoms with Crippen molar-refractivity contribution in [2.45, 2.75) is 32.7 Å². The maximum Gasteiger partial charge on any atom is 0.407 e. The second-order valence-electron chi connectivity index (χ2n) is 9.27. The van der Waals surface area contributed by atoms with Crippen LogP contribution in [0.2, 0.25) is 0 Å². The molecule has 0 aliphatic heterocycles. The molecule has 0 unspecified atom stereocenters. The zero-order valence-corrected chi connectivity index (χ0v) is 19.5. The molecule has 2 amide bonds. The second kappa shape index (κ2) is 10.0. The monoisotopic (exact) mass is 477 g/mol. The average molecular weight is 478 g/mol. The van der Waals surface area contributed by atoms with Crippen LogP contribution in [0.5, 0.6) is 0 Å². The van der Waals surface area contributed by atoms with E-state index < -0.39 is 23.4 Å². The van der Waals surface area contributed by atoms with Crippen molar-refractivity contribution in [2.24, 2.45) is 5.41 Å². The molecule has 35 heavy (non-hydrogen) atoms. The van der Waals surface area contributed by atoms with Crippen molar-refractivity contribution in [1.29, 1.82) is 0 Å². The lowest BCUT2D eigenvalue weighted by molar-refractivity contribution is -0.139. The van der Waals surface area contributed by atoms with Gasteiger partial charge in [-0.1, -0.05) is 67.5 Å². The van der Waals surface area contributed by atoms with Gasteiger partial charge in [0.25, 0.3) is 5.91 Å². The van der Waals surface area contributed by atoms with Crippen LogP contribution in [-0.4, -0.2) is 41.4 Å². The SMILES string of the molecule is CC(C)(CNC(=O)c1cc(CNC(=O)OCC2c3ccccc3-c3ccccc32)on1)CC(=O)O. The van der Waals surface area contributed by atoms with Crippen LogP contribution in [0.15, 0.2) is 59.1 Å². The highest BCUT2D eigenvalue weighted by Gasteiger charge is 2.29. The number of carboxylic acid groups (broad SMARTS) is 1. The number of aromatic nitrogens is 1. The Labute approximate surface area is 202 Å². The molecule has 0 saturated carbocycles. The molecule has 0 spiro atoms.